The third kappa shape index (κ3) is 3.74. The highest BCUT2D eigenvalue weighted by atomic mass is 28.3. The van der Waals surface area contributed by atoms with Gasteiger partial charge in [0.25, 0.3) is 8.24 Å². The van der Waals surface area contributed by atoms with Crippen LogP contribution in [0.15, 0.2) is 140 Å². The molecule has 0 aliphatic rings. The van der Waals surface area contributed by atoms with Crippen LogP contribution in [-0.4, -0.2) is 28.2 Å². The summed E-state index contributed by atoms with van der Waals surface area (Å²) in [5.41, 5.74) is 2.28. The molecule has 6 rings (SSSR count). The molecular formula is C30H23N5Si. The lowest BCUT2D eigenvalue weighted by Crippen LogP contribution is -2.76. The van der Waals surface area contributed by atoms with Crippen molar-refractivity contribution in [3.63, 3.8) is 0 Å². The minimum atomic E-state index is -2.93. The van der Waals surface area contributed by atoms with Crippen LogP contribution in [0, 0.1) is 0 Å². The lowest BCUT2D eigenvalue weighted by molar-refractivity contribution is 1.13. The van der Waals surface area contributed by atoms with Gasteiger partial charge in [0.1, 0.15) is 17.7 Å². The number of aromatic nitrogens is 4. The first-order chi connectivity index (χ1) is 17.9. The maximum Gasteiger partial charge on any atom is 0.259 e. The van der Waals surface area contributed by atoms with Gasteiger partial charge in [-0.3, -0.25) is 0 Å². The molecular weight excluding hydrogens is 458 g/mol. The maximum atomic E-state index is 5.04. The summed E-state index contributed by atoms with van der Waals surface area (Å²) in [7, 11) is -2.93. The summed E-state index contributed by atoms with van der Waals surface area (Å²) in [5.74, 6) is 0.746. The highest BCUT2D eigenvalue weighted by molar-refractivity contribution is 7.14. The van der Waals surface area contributed by atoms with Gasteiger partial charge in [0.15, 0.2) is 5.65 Å². The zero-order valence-electron chi connectivity index (χ0n) is 19.5. The zero-order chi connectivity index (χ0) is 24.2. The molecule has 0 bridgehead atoms. The Hall–Kier alpha value is -4.68. The van der Waals surface area contributed by atoms with E-state index in [0.29, 0.717) is 11.2 Å². The van der Waals surface area contributed by atoms with Crippen LogP contribution in [0.5, 0.6) is 0 Å². The molecule has 6 aromatic rings. The third-order valence-corrected chi connectivity index (χ3v) is 11.0. The minimum absolute atomic E-state index is 0.570. The maximum absolute atomic E-state index is 5.04. The highest BCUT2D eigenvalue weighted by Gasteiger charge is 2.47. The quantitative estimate of drug-likeness (QED) is 0.263. The fourth-order valence-corrected chi connectivity index (χ4v) is 9.65. The molecule has 0 fully saturated rings. The number of para-hydroxylation sites is 1. The van der Waals surface area contributed by atoms with Crippen molar-refractivity contribution in [2.24, 2.45) is 0 Å². The van der Waals surface area contributed by atoms with E-state index >= 15 is 0 Å². The third-order valence-electron chi connectivity index (χ3n) is 6.37. The van der Waals surface area contributed by atoms with Crippen molar-refractivity contribution in [1.29, 1.82) is 0 Å². The van der Waals surface area contributed by atoms with Gasteiger partial charge in [0, 0.05) is 5.69 Å². The van der Waals surface area contributed by atoms with E-state index in [1.807, 2.05) is 12.3 Å². The van der Waals surface area contributed by atoms with E-state index in [9.17, 15) is 0 Å². The van der Waals surface area contributed by atoms with Crippen molar-refractivity contribution >= 4 is 46.5 Å². The first kappa shape index (κ1) is 21.8. The second-order valence-electron chi connectivity index (χ2n) is 8.44. The van der Waals surface area contributed by atoms with Gasteiger partial charge < -0.3 is 4.57 Å². The van der Waals surface area contributed by atoms with Crippen LogP contribution >= 0.6 is 0 Å². The molecule has 0 aliphatic heterocycles. The average Bonchev–Trinajstić information content (AvgIpc) is 2.97. The summed E-state index contributed by atoms with van der Waals surface area (Å²) < 4.78 is 2.40. The Morgan fingerprint density at radius 2 is 1.03 bits per heavy atom. The molecule has 0 unspecified atom stereocenters. The fourth-order valence-electron chi connectivity index (χ4n) is 4.87. The summed E-state index contributed by atoms with van der Waals surface area (Å²) in [4.78, 5) is 18.3. The number of benzene rings is 4. The molecule has 0 N–H and O–H groups in total. The van der Waals surface area contributed by atoms with Gasteiger partial charge in [-0.2, -0.15) is 0 Å². The predicted octanol–water partition coefficient (Wildman–Crippen LogP) is 4.23. The standard InChI is InChI=1S/C30H23N5Si/c1-5-13-24(14-6-1)35(29-22-32-28-21-31-23-33-30(28)34-29)36(25-15-7-2-8-16-25,26-17-9-3-10-18-26)27-19-11-4-12-20-27/h1-23H. The monoisotopic (exact) mass is 481 g/mol. The van der Waals surface area contributed by atoms with Crippen LogP contribution in [0.4, 0.5) is 11.5 Å². The summed E-state index contributed by atoms with van der Waals surface area (Å²) in [6.45, 7) is 0. The van der Waals surface area contributed by atoms with Gasteiger partial charge >= 0.3 is 0 Å². The van der Waals surface area contributed by atoms with Gasteiger partial charge in [0.2, 0.25) is 0 Å². The van der Waals surface area contributed by atoms with E-state index in [0.717, 1.165) is 11.5 Å². The average molecular weight is 482 g/mol. The smallest absolute Gasteiger partial charge is 0.259 e. The van der Waals surface area contributed by atoms with Crippen LogP contribution < -0.4 is 20.1 Å². The number of nitrogens with zero attached hydrogens (tertiary/aromatic N) is 5. The molecule has 0 saturated heterocycles. The number of hydrogen-bond donors (Lipinski definition) is 0. The number of rotatable bonds is 6. The number of hydrogen-bond acceptors (Lipinski definition) is 5. The molecule has 36 heavy (non-hydrogen) atoms. The summed E-state index contributed by atoms with van der Waals surface area (Å²) in [6, 6.07) is 42.8. The summed E-state index contributed by atoms with van der Waals surface area (Å²) in [6.07, 6.45) is 5.06. The molecule has 6 heteroatoms. The first-order valence-corrected chi connectivity index (χ1v) is 13.8. The van der Waals surface area contributed by atoms with E-state index < -0.39 is 8.24 Å². The SMILES string of the molecule is c1ccc(N(c2cnc3cncnc3n2)[Si](c2ccccc2)(c2ccccc2)c2ccccc2)cc1. The molecule has 5 nitrogen and oxygen atoms in total. The highest BCUT2D eigenvalue weighted by Crippen LogP contribution is 2.30. The van der Waals surface area contributed by atoms with Gasteiger partial charge in [-0.25, -0.2) is 19.9 Å². The van der Waals surface area contributed by atoms with Crippen molar-refractivity contribution in [3.05, 3.63) is 140 Å². The van der Waals surface area contributed by atoms with E-state index in [4.69, 9.17) is 9.97 Å². The molecule has 172 valence electrons. The van der Waals surface area contributed by atoms with Crippen molar-refractivity contribution in [3.8, 4) is 0 Å². The summed E-state index contributed by atoms with van der Waals surface area (Å²) in [5, 5.41) is 3.74. The van der Waals surface area contributed by atoms with Crippen LogP contribution in [0.1, 0.15) is 0 Å². The molecule has 0 aliphatic carbocycles. The van der Waals surface area contributed by atoms with Crippen LogP contribution in [0.25, 0.3) is 11.2 Å². The fraction of sp³-hybridized carbons (Fsp3) is 0. The van der Waals surface area contributed by atoms with Gasteiger partial charge in [0.05, 0.1) is 12.4 Å². The van der Waals surface area contributed by atoms with E-state index in [-0.39, 0.29) is 0 Å². The Morgan fingerprint density at radius 3 is 1.56 bits per heavy atom. The second kappa shape index (κ2) is 9.52. The van der Waals surface area contributed by atoms with Gasteiger partial charge in [-0.15, -0.1) is 0 Å². The minimum Gasteiger partial charge on any atom is -0.340 e. The number of fused-ring (bicyclic) bond motifs is 1. The molecule has 2 heterocycles. The lowest BCUT2D eigenvalue weighted by atomic mass is 10.3. The van der Waals surface area contributed by atoms with Crippen molar-refractivity contribution in [2.75, 3.05) is 4.57 Å². The van der Waals surface area contributed by atoms with Gasteiger partial charge in [-0.1, -0.05) is 109 Å². The molecule has 0 radical (unpaired) electrons. The van der Waals surface area contributed by atoms with Crippen molar-refractivity contribution in [1.82, 2.24) is 19.9 Å². The van der Waals surface area contributed by atoms with Crippen molar-refractivity contribution < 1.29 is 0 Å². The molecule has 4 aromatic carbocycles. The molecule has 0 saturated carbocycles. The lowest BCUT2D eigenvalue weighted by Gasteiger charge is -2.44. The number of anilines is 2. The Bertz CT molecular complexity index is 1480. The predicted molar refractivity (Wildman–Crippen MR) is 148 cm³/mol. The Kier molecular flexibility index (Phi) is 5.77. The molecule has 0 spiro atoms. The summed E-state index contributed by atoms with van der Waals surface area (Å²) >= 11 is 0. The molecule has 0 atom stereocenters. The van der Waals surface area contributed by atoms with Crippen LogP contribution in [0.3, 0.4) is 0 Å². The van der Waals surface area contributed by atoms with Gasteiger partial charge in [-0.05, 0) is 27.7 Å². The largest absolute Gasteiger partial charge is 0.340 e. The zero-order valence-corrected chi connectivity index (χ0v) is 20.5. The Morgan fingerprint density at radius 1 is 0.528 bits per heavy atom. The van der Waals surface area contributed by atoms with Crippen LogP contribution in [-0.2, 0) is 0 Å². The molecule has 0 amide bonds. The van der Waals surface area contributed by atoms with Crippen LogP contribution in [0.2, 0.25) is 0 Å². The first-order valence-electron chi connectivity index (χ1n) is 11.8. The topological polar surface area (TPSA) is 54.8 Å². The van der Waals surface area contributed by atoms with E-state index in [1.165, 1.54) is 21.9 Å². The normalized spacial score (nSPS) is 11.3. The Balaban J connectivity index is 1.76. The van der Waals surface area contributed by atoms with E-state index in [2.05, 4.69) is 130 Å². The van der Waals surface area contributed by atoms with E-state index in [1.54, 1.807) is 6.20 Å². The molecule has 2 aromatic heterocycles. The second-order valence-corrected chi connectivity index (χ2v) is 12.0. The Labute approximate surface area is 210 Å². The van der Waals surface area contributed by atoms with Crippen molar-refractivity contribution in [2.45, 2.75) is 0 Å².